The van der Waals surface area contributed by atoms with Gasteiger partial charge in [0.1, 0.15) is 5.82 Å². The summed E-state index contributed by atoms with van der Waals surface area (Å²) in [4.78, 5) is 16.2. The molecule has 6 heteroatoms. The van der Waals surface area contributed by atoms with E-state index in [1.807, 2.05) is 34.6 Å². The van der Waals surface area contributed by atoms with Crippen molar-refractivity contribution in [2.75, 3.05) is 6.54 Å². The molecule has 0 aromatic carbocycles. The summed E-state index contributed by atoms with van der Waals surface area (Å²) < 4.78 is 0. The molecule has 1 rings (SSSR count). The van der Waals surface area contributed by atoms with E-state index in [1.165, 1.54) is 0 Å². The smallest absolute Gasteiger partial charge is 0.291 e. The van der Waals surface area contributed by atoms with Crippen molar-refractivity contribution in [2.45, 2.75) is 46.1 Å². The Bertz CT molecular complexity index is 405. The highest BCUT2D eigenvalue weighted by molar-refractivity contribution is 5.90. The number of carbonyl (C=O) groups excluding carboxylic acids is 1. The first-order valence-electron chi connectivity index (χ1n) is 6.19. The number of aromatic amines is 1. The van der Waals surface area contributed by atoms with E-state index in [4.69, 9.17) is 5.73 Å². The van der Waals surface area contributed by atoms with Crippen LogP contribution in [-0.4, -0.2) is 33.7 Å². The Balaban J connectivity index is 2.76. The number of nitrogens with two attached hydrogens (primary N) is 1. The van der Waals surface area contributed by atoms with Crippen LogP contribution in [0.5, 0.6) is 0 Å². The number of nitrogens with zero attached hydrogens (tertiary/aromatic N) is 2. The molecule has 1 heterocycles. The van der Waals surface area contributed by atoms with Crippen molar-refractivity contribution in [3.05, 3.63) is 11.6 Å². The number of carbonyl (C=O) groups is 1. The van der Waals surface area contributed by atoms with Gasteiger partial charge < -0.3 is 11.1 Å². The van der Waals surface area contributed by atoms with E-state index in [9.17, 15) is 4.79 Å². The number of hydrogen-bond acceptors (Lipinski definition) is 4. The van der Waals surface area contributed by atoms with Gasteiger partial charge in [0, 0.05) is 18.0 Å². The molecule has 6 nitrogen and oxygen atoms in total. The molecule has 0 fully saturated rings. The van der Waals surface area contributed by atoms with E-state index in [1.54, 1.807) is 0 Å². The maximum absolute atomic E-state index is 11.9. The largest absolute Gasteiger partial charge is 0.345 e. The first-order valence-corrected chi connectivity index (χ1v) is 6.19. The van der Waals surface area contributed by atoms with E-state index in [2.05, 4.69) is 20.5 Å². The van der Waals surface area contributed by atoms with Gasteiger partial charge in [0.2, 0.25) is 5.82 Å². The van der Waals surface area contributed by atoms with Crippen LogP contribution in [0.3, 0.4) is 0 Å². The van der Waals surface area contributed by atoms with Gasteiger partial charge in [-0.05, 0) is 5.92 Å². The first-order chi connectivity index (χ1) is 8.25. The average Bonchev–Trinajstić information content (AvgIpc) is 2.73. The minimum Gasteiger partial charge on any atom is -0.345 e. The fraction of sp³-hybridized carbons (Fsp3) is 0.750. The molecular formula is C12H23N5O. The molecule has 1 atom stereocenters. The van der Waals surface area contributed by atoms with E-state index in [0.717, 1.165) is 0 Å². The summed E-state index contributed by atoms with van der Waals surface area (Å²) in [5, 5.41) is 9.57. The number of hydrogen-bond donors (Lipinski definition) is 3. The van der Waals surface area contributed by atoms with Crippen LogP contribution in [0.15, 0.2) is 0 Å². The standard InChI is InChI=1S/C12H23N5O/c1-7(2)8(6-13)14-10(18)9-15-11(17-16-9)12(3,4)5/h7-8H,6,13H2,1-5H3,(H,14,18)(H,15,16,17). The monoisotopic (exact) mass is 253 g/mol. The van der Waals surface area contributed by atoms with Crippen molar-refractivity contribution in [2.24, 2.45) is 11.7 Å². The lowest BCUT2D eigenvalue weighted by molar-refractivity contribution is 0.0917. The molecular weight excluding hydrogens is 230 g/mol. The van der Waals surface area contributed by atoms with E-state index in [0.29, 0.717) is 12.4 Å². The Kier molecular flexibility index (Phi) is 4.45. The van der Waals surface area contributed by atoms with Crippen molar-refractivity contribution in [3.8, 4) is 0 Å². The van der Waals surface area contributed by atoms with Gasteiger partial charge in [0.25, 0.3) is 5.91 Å². The topological polar surface area (TPSA) is 96.7 Å². The second kappa shape index (κ2) is 5.48. The van der Waals surface area contributed by atoms with Gasteiger partial charge in [0.15, 0.2) is 0 Å². The molecule has 0 aliphatic heterocycles. The van der Waals surface area contributed by atoms with Gasteiger partial charge in [-0.25, -0.2) is 4.98 Å². The molecule has 1 aromatic heterocycles. The van der Waals surface area contributed by atoms with Crippen LogP contribution in [0.1, 0.15) is 51.1 Å². The number of nitrogens with one attached hydrogen (secondary N) is 2. The minimum atomic E-state index is -0.286. The molecule has 102 valence electrons. The highest BCUT2D eigenvalue weighted by Crippen LogP contribution is 2.17. The Morgan fingerprint density at radius 1 is 1.44 bits per heavy atom. The summed E-state index contributed by atoms with van der Waals surface area (Å²) in [6, 6.07) is -0.0610. The van der Waals surface area contributed by atoms with Gasteiger partial charge in [-0.2, -0.15) is 0 Å². The molecule has 0 spiro atoms. The maximum Gasteiger partial charge on any atom is 0.291 e. The fourth-order valence-electron chi connectivity index (χ4n) is 1.43. The van der Waals surface area contributed by atoms with Gasteiger partial charge in [-0.15, -0.1) is 5.10 Å². The number of amides is 1. The Hall–Kier alpha value is -1.43. The summed E-state index contributed by atoms with van der Waals surface area (Å²) in [7, 11) is 0. The van der Waals surface area contributed by atoms with Crippen molar-refractivity contribution >= 4 is 5.91 Å². The first kappa shape index (κ1) is 14.6. The van der Waals surface area contributed by atoms with Crippen LogP contribution >= 0.6 is 0 Å². The van der Waals surface area contributed by atoms with Crippen LogP contribution in [0.2, 0.25) is 0 Å². The van der Waals surface area contributed by atoms with Crippen molar-refractivity contribution in [1.82, 2.24) is 20.5 Å². The van der Waals surface area contributed by atoms with Crippen LogP contribution in [0.4, 0.5) is 0 Å². The molecule has 0 bridgehead atoms. The summed E-state index contributed by atoms with van der Waals surface area (Å²) in [6.07, 6.45) is 0. The van der Waals surface area contributed by atoms with E-state index >= 15 is 0 Å². The molecule has 1 amide bonds. The number of aromatic nitrogens is 3. The molecule has 0 aliphatic carbocycles. The molecule has 4 N–H and O–H groups in total. The third kappa shape index (κ3) is 3.53. The average molecular weight is 253 g/mol. The molecule has 1 unspecified atom stereocenters. The van der Waals surface area contributed by atoms with Gasteiger partial charge in [-0.3, -0.25) is 9.89 Å². The summed E-state index contributed by atoms with van der Waals surface area (Å²) in [5.41, 5.74) is 5.46. The third-order valence-corrected chi connectivity index (χ3v) is 2.77. The molecule has 1 aromatic rings. The predicted molar refractivity (Wildman–Crippen MR) is 70.2 cm³/mol. The highest BCUT2D eigenvalue weighted by atomic mass is 16.2. The molecule has 0 aliphatic rings. The Labute approximate surface area is 108 Å². The molecule has 0 saturated carbocycles. The second-order valence-corrected chi connectivity index (χ2v) is 5.82. The predicted octanol–water partition coefficient (Wildman–Crippen LogP) is 0.815. The SMILES string of the molecule is CC(C)C(CN)NC(=O)c1n[nH]c(C(C)(C)C)n1. The zero-order valence-electron chi connectivity index (χ0n) is 11.7. The minimum absolute atomic E-state index is 0.0610. The van der Waals surface area contributed by atoms with E-state index in [-0.39, 0.29) is 29.1 Å². The Morgan fingerprint density at radius 2 is 2.06 bits per heavy atom. The number of H-pyrrole nitrogens is 1. The van der Waals surface area contributed by atoms with Crippen molar-refractivity contribution in [1.29, 1.82) is 0 Å². The molecule has 18 heavy (non-hydrogen) atoms. The molecule has 0 saturated heterocycles. The lowest BCUT2D eigenvalue weighted by Gasteiger charge is -2.19. The molecule has 0 radical (unpaired) electrons. The lowest BCUT2D eigenvalue weighted by atomic mass is 9.96. The Morgan fingerprint density at radius 3 is 2.44 bits per heavy atom. The van der Waals surface area contributed by atoms with Crippen LogP contribution in [-0.2, 0) is 5.41 Å². The van der Waals surface area contributed by atoms with Gasteiger partial charge >= 0.3 is 0 Å². The van der Waals surface area contributed by atoms with Crippen LogP contribution in [0.25, 0.3) is 0 Å². The van der Waals surface area contributed by atoms with Gasteiger partial charge in [0.05, 0.1) is 0 Å². The quantitative estimate of drug-likeness (QED) is 0.740. The van der Waals surface area contributed by atoms with Crippen molar-refractivity contribution < 1.29 is 4.79 Å². The normalized spacial score (nSPS) is 13.7. The lowest BCUT2D eigenvalue weighted by Crippen LogP contribution is -2.44. The highest BCUT2D eigenvalue weighted by Gasteiger charge is 2.23. The zero-order chi connectivity index (χ0) is 13.9. The second-order valence-electron chi connectivity index (χ2n) is 5.82. The zero-order valence-corrected chi connectivity index (χ0v) is 11.7. The summed E-state index contributed by atoms with van der Waals surface area (Å²) in [5.74, 6) is 0.853. The number of rotatable bonds is 4. The van der Waals surface area contributed by atoms with Crippen LogP contribution < -0.4 is 11.1 Å². The summed E-state index contributed by atoms with van der Waals surface area (Å²) in [6.45, 7) is 10.4. The fourth-order valence-corrected chi connectivity index (χ4v) is 1.43. The van der Waals surface area contributed by atoms with Crippen molar-refractivity contribution in [3.63, 3.8) is 0 Å². The van der Waals surface area contributed by atoms with Gasteiger partial charge in [-0.1, -0.05) is 34.6 Å². The third-order valence-electron chi connectivity index (χ3n) is 2.77. The maximum atomic E-state index is 11.9. The van der Waals surface area contributed by atoms with E-state index < -0.39 is 0 Å². The summed E-state index contributed by atoms with van der Waals surface area (Å²) >= 11 is 0. The van der Waals surface area contributed by atoms with Crippen LogP contribution in [0, 0.1) is 5.92 Å².